The minimum absolute atomic E-state index is 0.183. The molecule has 0 aliphatic carbocycles. The van der Waals surface area contributed by atoms with E-state index in [4.69, 9.17) is 9.47 Å². The molecule has 3 rings (SSSR count). The molecule has 0 atom stereocenters. The van der Waals surface area contributed by atoms with Gasteiger partial charge in [0, 0.05) is 23.1 Å². The second-order valence-corrected chi connectivity index (χ2v) is 6.76. The predicted molar refractivity (Wildman–Crippen MR) is 91.0 cm³/mol. The van der Waals surface area contributed by atoms with Crippen LogP contribution in [0.4, 0.5) is 0 Å². The van der Waals surface area contributed by atoms with Gasteiger partial charge in [-0.3, -0.25) is 9.59 Å². The van der Waals surface area contributed by atoms with Gasteiger partial charge in [-0.05, 0) is 46.8 Å². The highest BCUT2D eigenvalue weighted by Gasteiger charge is 2.25. The highest BCUT2D eigenvalue weighted by Crippen LogP contribution is 2.36. The Kier molecular flexibility index (Phi) is 5.03. The molecule has 7 nitrogen and oxygen atoms in total. The van der Waals surface area contributed by atoms with Crippen LogP contribution in [0, 0.1) is 5.92 Å². The number of carbonyl (C=O) groups excluding carboxylic acids is 2. The largest absolute Gasteiger partial charge is 0.454 e. The fourth-order valence-electron chi connectivity index (χ4n) is 2.60. The number of nitrogens with zero attached hydrogens (tertiary/aromatic N) is 2. The van der Waals surface area contributed by atoms with E-state index in [0.29, 0.717) is 36.1 Å². The minimum Gasteiger partial charge on any atom is -0.454 e. The lowest BCUT2D eigenvalue weighted by Gasteiger charge is -2.29. The highest BCUT2D eigenvalue weighted by molar-refractivity contribution is 9.10. The number of hydrogen-bond acceptors (Lipinski definition) is 5. The number of hydrazone groups is 1. The van der Waals surface area contributed by atoms with Crippen LogP contribution < -0.4 is 14.9 Å². The van der Waals surface area contributed by atoms with E-state index in [9.17, 15) is 9.59 Å². The zero-order valence-electron chi connectivity index (χ0n) is 13.3. The number of nitrogens with one attached hydrogen (secondary N) is 1. The molecule has 2 heterocycles. The summed E-state index contributed by atoms with van der Waals surface area (Å²) in [4.78, 5) is 25.5. The molecule has 2 aliphatic heterocycles. The number of halogens is 1. The third-order valence-corrected chi connectivity index (χ3v) is 4.81. The van der Waals surface area contributed by atoms with Gasteiger partial charge in [0.05, 0.1) is 6.21 Å². The number of benzene rings is 1. The Morgan fingerprint density at radius 2 is 1.96 bits per heavy atom. The van der Waals surface area contributed by atoms with Crippen molar-refractivity contribution >= 4 is 34.0 Å². The van der Waals surface area contributed by atoms with E-state index in [0.717, 1.165) is 17.3 Å². The van der Waals surface area contributed by atoms with Crippen molar-refractivity contribution in [2.24, 2.45) is 11.0 Å². The van der Waals surface area contributed by atoms with Crippen LogP contribution in [0.3, 0.4) is 0 Å². The lowest BCUT2D eigenvalue weighted by atomic mass is 9.99. The van der Waals surface area contributed by atoms with Crippen LogP contribution in [0.15, 0.2) is 21.7 Å². The first-order valence-electron chi connectivity index (χ1n) is 7.76. The van der Waals surface area contributed by atoms with Crippen molar-refractivity contribution in [2.75, 3.05) is 19.9 Å². The molecule has 0 bridgehead atoms. The van der Waals surface area contributed by atoms with Crippen molar-refractivity contribution in [3.63, 3.8) is 0 Å². The number of carbonyl (C=O) groups is 2. The van der Waals surface area contributed by atoms with Crippen molar-refractivity contribution in [3.8, 4) is 11.5 Å². The Morgan fingerprint density at radius 3 is 2.67 bits per heavy atom. The molecule has 8 heteroatoms. The van der Waals surface area contributed by atoms with E-state index in [2.05, 4.69) is 33.4 Å². The second kappa shape index (κ2) is 7.21. The van der Waals surface area contributed by atoms with E-state index < -0.39 is 11.8 Å². The number of hydrogen-bond donors (Lipinski definition) is 1. The van der Waals surface area contributed by atoms with Gasteiger partial charge in [-0.1, -0.05) is 6.92 Å². The summed E-state index contributed by atoms with van der Waals surface area (Å²) in [5.74, 6) is 0.599. The van der Waals surface area contributed by atoms with Crippen LogP contribution >= 0.6 is 15.9 Å². The summed E-state index contributed by atoms with van der Waals surface area (Å²) < 4.78 is 11.3. The second-order valence-electron chi connectivity index (χ2n) is 5.90. The molecule has 128 valence electrons. The first-order chi connectivity index (χ1) is 11.5. The number of likely N-dealkylation sites (tertiary alicyclic amines) is 1. The molecule has 1 fully saturated rings. The van der Waals surface area contributed by atoms with Crippen LogP contribution in [-0.2, 0) is 9.59 Å². The van der Waals surface area contributed by atoms with Crippen molar-refractivity contribution in [1.29, 1.82) is 0 Å². The topological polar surface area (TPSA) is 80.2 Å². The quantitative estimate of drug-likeness (QED) is 0.471. The molecule has 1 aromatic rings. The van der Waals surface area contributed by atoms with Crippen LogP contribution in [0.25, 0.3) is 0 Å². The third kappa shape index (κ3) is 3.69. The lowest BCUT2D eigenvalue weighted by Crippen LogP contribution is -2.45. The van der Waals surface area contributed by atoms with Gasteiger partial charge in [0.2, 0.25) is 6.79 Å². The Balaban J connectivity index is 1.58. The highest BCUT2D eigenvalue weighted by atomic mass is 79.9. The molecule has 24 heavy (non-hydrogen) atoms. The van der Waals surface area contributed by atoms with Crippen molar-refractivity contribution < 1.29 is 19.1 Å². The van der Waals surface area contributed by atoms with Crippen molar-refractivity contribution in [2.45, 2.75) is 19.8 Å². The van der Waals surface area contributed by atoms with Crippen LogP contribution in [-0.4, -0.2) is 42.8 Å². The Morgan fingerprint density at radius 1 is 1.29 bits per heavy atom. The number of ether oxygens (including phenoxy) is 2. The van der Waals surface area contributed by atoms with E-state index in [-0.39, 0.29) is 6.79 Å². The van der Waals surface area contributed by atoms with Gasteiger partial charge >= 0.3 is 11.8 Å². The van der Waals surface area contributed by atoms with Gasteiger partial charge in [0.1, 0.15) is 0 Å². The van der Waals surface area contributed by atoms with Crippen LogP contribution in [0.5, 0.6) is 11.5 Å². The van der Waals surface area contributed by atoms with Gasteiger partial charge in [-0.2, -0.15) is 5.10 Å². The smallest absolute Gasteiger partial charge is 0.329 e. The number of fused-ring (bicyclic) bond motifs is 1. The summed E-state index contributed by atoms with van der Waals surface area (Å²) in [6.45, 7) is 3.56. The third-order valence-electron chi connectivity index (χ3n) is 4.13. The molecule has 0 aromatic heterocycles. The van der Waals surface area contributed by atoms with Gasteiger partial charge in [0.25, 0.3) is 0 Å². The van der Waals surface area contributed by atoms with Crippen molar-refractivity contribution in [3.05, 3.63) is 22.2 Å². The zero-order chi connectivity index (χ0) is 17.1. The number of amides is 2. The summed E-state index contributed by atoms with van der Waals surface area (Å²) in [5, 5.41) is 3.86. The summed E-state index contributed by atoms with van der Waals surface area (Å²) in [5.41, 5.74) is 2.99. The summed E-state index contributed by atoms with van der Waals surface area (Å²) in [6, 6.07) is 3.52. The molecule has 1 saturated heterocycles. The fourth-order valence-corrected chi connectivity index (χ4v) is 3.02. The van der Waals surface area contributed by atoms with E-state index in [1.807, 2.05) is 0 Å². The molecular formula is C16H18BrN3O4. The monoisotopic (exact) mass is 395 g/mol. The molecule has 0 radical (unpaired) electrons. The number of piperidine rings is 1. The summed E-state index contributed by atoms with van der Waals surface area (Å²) >= 11 is 3.40. The first kappa shape index (κ1) is 16.8. The minimum atomic E-state index is -0.724. The normalized spacial score (nSPS) is 17.3. The van der Waals surface area contributed by atoms with Gasteiger partial charge in [0.15, 0.2) is 11.5 Å². The molecular weight excluding hydrogens is 378 g/mol. The van der Waals surface area contributed by atoms with E-state index in [1.54, 1.807) is 17.0 Å². The Bertz CT molecular complexity index is 684. The molecule has 0 saturated carbocycles. The number of rotatable bonds is 2. The fraction of sp³-hybridized carbons (Fsp3) is 0.438. The molecule has 1 N–H and O–H groups in total. The lowest BCUT2D eigenvalue weighted by molar-refractivity contribution is -0.146. The van der Waals surface area contributed by atoms with E-state index >= 15 is 0 Å². The van der Waals surface area contributed by atoms with Crippen molar-refractivity contribution in [1.82, 2.24) is 10.3 Å². The molecule has 2 amide bonds. The SMILES string of the molecule is CC1CCN(C(=O)C(=O)NN=Cc2cc3c(cc2Br)OCO3)CC1. The maximum atomic E-state index is 12.1. The molecule has 0 unspecified atom stereocenters. The Labute approximate surface area is 148 Å². The van der Waals surface area contributed by atoms with E-state index in [1.165, 1.54) is 6.21 Å². The average molecular weight is 396 g/mol. The molecule has 1 aromatic carbocycles. The molecule has 0 spiro atoms. The first-order valence-corrected chi connectivity index (χ1v) is 8.55. The van der Waals surface area contributed by atoms with Crippen LogP contribution in [0.2, 0.25) is 0 Å². The maximum Gasteiger partial charge on any atom is 0.329 e. The predicted octanol–water partition coefficient (Wildman–Crippen LogP) is 1.89. The molecule has 2 aliphatic rings. The Hall–Kier alpha value is -2.09. The standard InChI is InChI=1S/C16H18BrN3O4/c1-10-2-4-20(5-3-10)16(22)15(21)19-18-8-11-6-13-14(7-12(11)17)24-9-23-13/h6-8,10H,2-5,9H2,1H3,(H,19,21). The maximum absolute atomic E-state index is 12.1. The van der Waals surface area contributed by atoms with Gasteiger partial charge < -0.3 is 14.4 Å². The summed E-state index contributed by atoms with van der Waals surface area (Å²) in [6.07, 6.45) is 3.30. The summed E-state index contributed by atoms with van der Waals surface area (Å²) in [7, 11) is 0. The van der Waals surface area contributed by atoms with Gasteiger partial charge in [-0.25, -0.2) is 5.43 Å². The van der Waals surface area contributed by atoms with Crippen LogP contribution in [0.1, 0.15) is 25.3 Å². The van der Waals surface area contributed by atoms with Gasteiger partial charge in [-0.15, -0.1) is 0 Å². The average Bonchev–Trinajstić information content (AvgIpc) is 3.02. The zero-order valence-corrected chi connectivity index (χ0v) is 14.8.